The zero-order valence-electron chi connectivity index (χ0n) is 23.7. The minimum atomic E-state index is -0.651. The molecular formula is C31H34F2N6O4. The first-order valence-electron chi connectivity index (χ1n) is 14.4. The number of hydrogen-bond donors (Lipinski definition) is 2. The number of aromatic nitrogens is 1. The molecule has 3 aliphatic heterocycles. The summed E-state index contributed by atoms with van der Waals surface area (Å²) in [6, 6.07) is 12.9. The first kappa shape index (κ1) is 28.7. The first-order valence-corrected chi connectivity index (χ1v) is 14.4. The largest absolute Gasteiger partial charge is 0.471 e. The number of anilines is 2. The van der Waals surface area contributed by atoms with Crippen molar-refractivity contribution in [1.82, 2.24) is 19.7 Å². The van der Waals surface area contributed by atoms with Crippen LogP contribution in [0.25, 0.3) is 0 Å². The second-order valence-corrected chi connectivity index (χ2v) is 11.5. The van der Waals surface area contributed by atoms with Gasteiger partial charge in [0.25, 0.3) is 5.91 Å². The topological polar surface area (TPSA) is 127 Å². The standard InChI is InChI=1S/C31H34F2N6O4/c32-26-13-23(35)14-27(33)25(26)19-37-10-7-31(8-11-37)9-12-38(30(41)43-31)16-20-1-3-21(4-2-20)29(40)39-17-24(18-39)42-28-6-5-22(34)15-36-28/h1-6,13-15,24H,7-12,16-19,34-35H2. The molecule has 0 bridgehead atoms. The fourth-order valence-electron chi connectivity index (χ4n) is 5.81. The Balaban J connectivity index is 0.958. The number of nitrogens with two attached hydrogens (primary N) is 2. The molecule has 43 heavy (non-hydrogen) atoms. The van der Waals surface area contributed by atoms with Gasteiger partial charge in [-0.3, -0.25) is 9.69 Å². The van der Waals surface area contributed by atoms with E-state index < -0.39 is 17.2 Å². The van der Waals surface area contributed by atoms with Gasteiger partial charge in [-0.1, -0.05) is 12.1 Å². The smallest absolute Gasteiger partial charge is 0.410 e. The number of pyridine rings is 1. The lowest BCUT2D eigenvalue weighted by Crippen LogP contribution is -2.56. The number of ether oxygens (including phenoxy) is 2. The Bertz CT molecular complexity index is 1470. The number of halogens is 2. The fraction of sp³-hybridized carbons (Fsp3) is 0.387. The number of carbonyl (C=O) groups is 2. The van der Waals surface area contributed by atoms with E-state index in [0.717, 1.165) is 17.7 Å². The summed E-state index contributed by atoms with van der Waals surface area (Å²) in [4.78, 5) is 35.3. The van der Waals surface area contributed by atoms with Gasteiger partial charge in [0, 0.05) is 74.9 Å². The van der Waals surface area contributed by atoms with Gasteiger partial charge >= 0.3 is 6.09 Å². The SMILES string of the molecule is Nc1ccc(OC2CN(C(=O)c3ccc(CN4CCC5(CCN(Cc6c(F)cc(N)cc6F)CC5)OC4=O)cc3)C2)nc1. The van der Waals surface area contributed by atoms with Crippen molar-refractivity contribution in [2.24, 2.45) is 0 Å². The van der Waals surface area contributed by atoms with Crippen LogP contribution in [0, 0.1) is 11.6 Å². The van der Waals surface area contributed by atoms with Crippen LogP contribution in [-0.4, -0.2) is 76.1 Å². The van der Waals surface area contributed by atoms with E-state index in [2.05, 4.69) is 4.98 Å². The third-order valence-electron chi connectivity index (χ3n) is 8.47. The number of hydrogen-bond acceptors (Lipinski definition) is 8. The molecule has 0 unspecified atom stereocenters. The average Bonchev–Trinajstić information content (AvgIpc) is 2.96. The minimum Gasteiger partial charge on any atom is -0.471 e. The summed E-state index contributed by atoms with van der Waals surface area (Å²) in [6.07, 6.45) is 2.91. The molecule has 226 valence electrons. The zero-order valence-corrected chi connectivity index (χ0v) is 23.7. The van der Waals surface area contributed by atoms with Crippen LogP contribution in [0.1, 0.15) is 40.7 Å². The van der Waals surface area contributed by atoms with Crippen LogP contribution in [0.5, 0.6) is 5.88 Å². The molecule has 4 heterocycles. The molecule has 2 amide bonds. The van der Waals surface area contributed by atoms with Crippen LogP contribution in [-0.2, 0) is 17.8 Å². The maximum Gasteiger partial charge on any atom is 0.410 e. The number of rotatable bonds is 7. The predicted octanol–water partition coefficient (Wildman–Crippen LogP) is 3.80. The highest BCUT2D eigenvalue weighted by atomic mass is 19.1. The van der Waals surface area contributed by atoms with E-state index in [-0.39, 0.29) is 35.9 Å². The highest BCUT2D eigenvalue weighted by molar-refractivity contribution is 5.94. The highest BCUT2D eigenvalue weighted by Crippen LogP contribution is 2.35. The number of amides is 2. The van der Waals surface area contributed by atoms with Crippen molar-refractivity contribution in [2.75, 3.05) is 44.2 Å². The Labute approximate surface area is 248 Å². The van der Waals surface area contributed by atoms with Gasteiger partial charge in [-0.05, 0) is 35.9 Å². The Morgan fingerprint density at radius 1 is 0.953 bits per heavy atom. The average molecular weight is 593 g/mol. The van der Waals surface area contributed by atoms with Crippen molar-refractivity contribution in [1.29, 1.82) is 0 Å². The molecule has 6 rings (SSSR count). The molecule has 4 N–H and O–H groups in total. The van der Waals surface area contributed by atoms with Gasteiger partial charge in [-0.2, -0.15) is 0 Å². The Morgan fingerprint density at radius 3 is 2.26 bits per heavy atom. The van der Waals surface area contributed by atoms with Crippen molar-refractivity contribution in [2.45, 2.75) is 44.1 Å². The lowest BCUT2D eigenvalue weighted by Gasteiger charge is -2.46. The van der Waals surface area contributed by atoms with Crippen LogP contribution < -0.4 is 16.2 Å². The molecule has 2 aromatic carbocycles. The van der Waals surface area contributed by atoms with E-state index in [4.69, 9.17) is 20.9 Å². The van der Waals surface area contributed by atoms with Crippen LogP contribution in [0.4, 0.5) is 25.0 Å². The molecule has 1 spiro atoms. The normalized spacial score (nSPS) is 18.8. The van der Waals surface area contributed by atoms with E-state index in [0.29, 0.717) is 75.7 Å². The molecule has 1 aromatic heterocycles. The van der Waals surface area contributed by atoms with Crippen LogP contribution in [0.2, 0.25) is 0 Å². The summed E-state index contributed by atoms with van der Waals surface area (Å²) >= 11 is 0. The van der Waals surface area contributed by atoms with Crippen molar-refractivity contribution >= 4 is 23.4 Å². The summed E-state index contributed by atoms with van der Waals surface area (Å²) in [6.45, 7) is 3.13. The van der Waals surface area contributed by atoms with E-state index in [9.17, 15) is 18.4 Å². The molecule has 0 saturated carbocycles. The van der Waals surface area contributed by atoms with Gasteiger partial charge in [-0.25, -0.2) is 18.6 Å². The number of likely N-dealkylation sites (tertiary alicyclic amines) is 2. The minimum absolute atomic E-state index is 0.000293. The Hall–Kier alpha value is -4.45. The van der Waals surface area contributed by atoms with Gasteiger partial charge < -0.3 is 30.7 Å². The van der Waals surface area contributed by atoms with Gasteiger partial charge in [0.05, 0.1) is 25.0 Å². The lowest BCUT2D eigenvalue weighted by atomic mass is 9.86. The molecule has 3 aromatic rings. The van der Waals surface area contributed by atoms with Gasteiger partial charge in [-0.15, -0.1) is 0 Å². The molecule has 3 aliphatic rings. The van der Waals surface area contributed by atoms with Gasteiger partial charge in [0.1, 0.15) is 23.3 Å². The maximum atomic E-state index is 14.2. The number of piperidine rings is 1. The number of nitrogens with zero attached hydrogens (tertiary/aromatic N) is 4. The lowest BCUT2D eigenvalue weighted by molar-refractivity contribution is -0.0833. The molecule has 12 heteroatoms. The third kappa shape index (κ3) is 6.34. The number of benzene rings is 2. The van der Waals surface area contributed by atoms with E-state index in [1.807, 2.05) is 17.0 Å². The van der Waals surface area contributed by atoms with E-state index in [1.165, 1.54) is 6.20 Å². The Morgan fingerprint density at radius 2 is 1.63 bits per heavy atom. The maximum absolute atomic E-state index is 14.2. The van der Waals surface area contributed by atoms with Gasteiger partial charge in [0.2, 0.25) is 5.88 Å². The van der Waals surface area contributed by atoms with Crippen molar-refractivity contribution < 1.29 is 27.8 Å². The van der Waals surface area contributed by atoms with Crippen molar-refractivity contribution in [3.63, 3.8) is 0 Å². The summed E-state index contributed by atoms with van der Waals surface area (Å²) < 4.78 is 40.2. The van der Waals surface area contributed by atoms with Crippen LogP contribution in [0.15, 0.2) is 54.7 Å². The highest BCUT2D eigenvalue weighted by Gasteiger charge is 2.43. The Kier molecular flexibility index (Phi) is 7.78. The molecule has 3 fully saturated rings. The second kappa shape index (κ2) is 11.7. The van der Waals surface area contributed by atoms with E-state index >= 15 is 0 Å². The third-order valence-corrected chi connectivity index (χ3v) is 8.47. The summed E-state index contributed by atoms with van der Waals surface area (Å²) in [5.74, 6) is -0.904. The van der Waals surface area contributed by atoms with Crippen LogP contribution in [0.3, 0.4) is 0 Å². The van der Waals surface area contributed by atoms with E-state index in [1.54, 1.807) is 34.1 Å². The van der Waals surface area contributed by atoms with Gasteiger partial charge in [0.15, 0.2) is 0 Å². The quantitative estimate of drug-likeness (QED) is 0.397. The number of carbonyl (C=O) groups excluding carboxylic acids is 2. The van der Waals surface area contributed by atoms with Crippen molar-refractivity contribution in [3.8, 4) is 5.88 Å². The molecule has 3 saturated heterocycles. The molecular weight excluding hydrogens is 558 g/mol. The predicted molar refractivity (Wildman–Crippen MR) is 155 cm³/mol. The molecule has 0 radical (unpaired) electrons. The molecule has 0 atom stereocenters. The summed E-state index contributed by atoms with van der Waals surface area (Å²) in [7, 11) is 0. The van der Waals surface area contributed by atoms with Crippen LogP contribution >= 0.6 is 0 Å². The molecule has 10 nitrogen and oxygen atoms in total. The van der Waals surface area contributed by atoms with Crippen molar-refractivity contribution in [3.05, 3.63) is 83.1 Å². The fourth-order valence-corrected chi connectivity index (χ4v) is 5.81. The second-order valence-electron chi connectivity index (χ2n) is 11.5. The first-order chi connectivity index (χ1) is 20.7. The monoisotopic (exact) mass is 592 g/mol. The zero-order chi connectivity index (χ0) is 30.1. The summed E-state index contributed by atoms with van der Waals surface area (Å²) in [5.41, 5.74) is 12.7. The number of nitrogen functional groups attached to an aromatic ring is 2. The molecule has 0 aliphatic carbocycles. The summed E-state index contributed by atoms with van der Waals surface area (Å²) in [5, 5.41) is 0.